The highest BCUT2D eigenvalue weighted by Crippen LogP contribution is 2.21. The van der Waals surface area contributed by atoms with Gasteiger partial charge in [0, 0.05) is 5.70 Å². The standard InChI is InChI=1S/C8H15NO/c1-3-7-4-5-8(9)6(2)10-7/h7H,3-5,9H2,1-2H3. The fourth-order valence-electron chi connectivity index (χ4n) is 1.16. The summed E-state index contributed by atoms with van der Waals surface area (Å²) in [6.45, 7) is 4.08. The van der Waals surface area contributed by atoms with E-state index in [2.05, 4.69) is 6.92 Å². The molecule has 2 nitrogen and oxygen atoms in total. The number of hydrogen-bond acceptors (Lipinski definition) is 2. The Morgan fingerprint density at radius 2 is 2.40 bits per heavy atom. The van der Waals surface area contributed by atoms with Gasteiger partial charge in [0.25, 0.3) is 0 Å². The molecule has 0 bridgehead atoms. The van der Waals surface area contributed by atoms with Gasteiger partial charge in [-0.2, -0.15) is 0 Å². The summed E-state index contributed by atoms with van der Waals surface area (Å²) in [5.41, 5.74) is 6.57. The first-order valence-electron chi connectivity index (χ1n) is 3.86. The van der Waals surface area contributed by atoms with Crippen LogP contribution in [0.5, 0.6) is 0 Å². The van der Waals surface area contributed by atoms with Crippen LogP contribution in [-0.4, -0.2) is 6.10 Å². The first-order valence-corrected chi connectivity index (χ1v) is 3.86. The Balaban J connectivity index is 2.54. The number of rotatable bonds is 1. The van der Waals surface area contributed by atoms with E-state index in [9.17, 15) is 0 Å². The molecule has 0 fully saturated rings. The molecule has 0 saturated carbocycles. The zero-order valence-corrected chi connectivity index (χ0v) is 6.68. The van der Waals surface area contributed by atoms with Gasteiger partial charge < -0.3 is 10.5 Å². The van der Waals surface area contributed by atoms with E-state index in [1.807, 2.05) is 6.92 Å². The van der Waals surface area contributed by atoms with Gasteiger partial charge in [-0.15, -0.1) is 0 Å². The smallest absolute Gasteiger partial charge is 0.112 e. The molecule has 0 spiro atoms. The second kappa shape index (κ2) is 2.95. The average molecular weight is 141 g/mol. The molecular formula is C8H15NO. The fourth-order valence-corrected chi connectivity index (χ4v) is 1.16. The molecule has 1 aliphatic heterocycles. The van der Waals surface area contributed by atoms with E-state index < -0.39 is 0 Å². The van der Waals surface area contributed by atoms with Crippen molar-refractivity contribution in [3.05, 3.63) is 11.5 Å². The first-order chi connectivity index (χ1) is 4.74. The van der Waals surface area contributed by atoms with Gasteiger partial charge in [0.15, 0.2) is 0 Å². The van der Waals surface area contributed by atoms with Gasteiger partial charge in [-0.05, 0) is 26.2 Å². The molecule has 0 aromatic rings. The lowest BCUT2D eigenvalue weighted by atomic mass is 10.1. The summed E-state index contributed by atoms with van der Waals surface area (Å²) in [7, 11) is 0. The van der Waals surface area contributed by atoms with Gasteiger partial charge in [-0.25, -0.2) is 0 Å². The van der Waals surface area contributed by atoms with Crippen LogP contribution < -0.4 is 5.73 Å². The molecule has 0 radical (unpaired) electrons. The monoisotopic (exact) mass is 141 g/mol. The lowest BCUT2D eigenvalue weighted by molar-refractivity contribution is 0.0885. The van der Waals surface area contributed by atoms with E-state index in [0.29, 0.717) is 6.10 Å². The maximum absolute atomic E-state index is 5.65. The van der Waals surface area contributed by atoms with Crippen LogP contribution >= 0.6 is 0 Å². The van der Waals surface area contributed by atoms with E-state index in [1.165, 1.54) is 0 Å². The van der Waals surface area contributed by atoms with Crippen LogP contribution in [-0.2, 0) is 4.74 Å². The second-order valence-electron chi connectivity index (χ2n) is 2.77. The molecule has 1 aliphatic rings. The van der Waals surface area contributed by atoms with Crippen LogP contribution in [0.3, 0.4) is 0 Å². The summed E-state index contributed by atoms with van der Waals surface area (Å²) in [6, 6.07) is 0. The number of nitrogens with two attached hydrogens (primary N) is 1. The van der Waals surface area contributed by atoms with E-state index in [4.69, 9.17) is 10.5 Å². The molecule has 0 aromatic carbocycles. The number of ether oxygens (including phenoxy) is 1. The Kier molecular flexibility index (Phi) is 2.20. The van der Waals surface area contributed by atoms with Crippen molar-refractivity contribution >= 4 is 0 Å². The molecule has 10 heavy (non-hydrogen) atoms. The molecule has 58 valence electrons. The molecule has 1 unspecified atom stereocenters. The molecule has 0 amide bonds. The third kappa shape index (κ3) is 1.43. The van der Waals surface area contributed by atoms with Crippen molar-refractivity contribution in [2.75, 3.05) is 0 Å². The van der Waals surface area contributed by atoms with Crippen molar-refractivity contribution in [2.24, 2.45) is 5.73 Å². The van der Waals surface area contributed by atoms with Crippen LogP contribution in [0.1, 0.15) is 33.1 Å². The maximum Gasteiger partial charge on any atom is 0.112 e. The minimum Gasteiger partial charge on any atom is -0.493 e. The topological polar surface area (TPSA) is 35.2 Å². The van der Waals surface area contributed by atoms with Crippen molar-refractivity contribution in [2.45, 2.75) is 39.2 Å². The van der Waals surface area contributed by atoms with Crippen molar-refractivity contribution < 1.29 is 4.74 Å². The minimum atomic E-state index is 0.410. The lowest BCUT2D eigenvalue weighted by Gasteiger charge is -2.24. The van der Waals surface area contributed by atoms with E-state index >= 15 is 0 Å². The van der Waals surface area contributed by atoms with Crippen molar-refractivity contribution in [3.8, 4) is 0 Å². The molecule has 1 atom stereocenters. The predicted octanol–water partition coefficient (Wildman–Crippen LogP) is 1.77. The summed E-state index contributed by atoms with van der Waals surface area (Å²) in [5, 5.41) is 0. The quantitative estimate of drug-likeness (QED) is 0.604. The number of allylic oxidation sites excluding steroid dienone is 2. The van der Waals surface area contributed by atoms with Crippen molar-refractivity contribution in [1.29, 1.82) is 0 Å². The Bertz CT molecular complexity index is 151. The average Bonchev–Trinajstić information content (AvgIpc) is 1.95. The van der Waals surface area contributed by atoms with Gasteiger partial charge in [0.05, 0.1) is 6.10 Å². The summed E-state index contributed by atoms with van der Waals surface area (Å²) < 4.78 is 5.50. The molecule has 2 heteroatoms. The largest absolute Gasteiger partial charge is 0.493 e. The van der Waals surface area contributed by atoms with Crippen LogP contribution in [0.15, 0.2) is 11.5 Å². The highest BCUT2D eigenvalue weighted by molar-refractivity contribution is 5.05. The highest BCUT2D eigenvalue weighted by Gasteiger charge is 2.15. The highest BCUT2D eigenvalue weighted by atomic mass is 16.5. The fraction of sp³-hybridized carbons (Fsp3) is 0.750. The summed E-state index contributed by atoms with van der Waals surface area (Å²) in [5.74, 6) is 0.929. The summed E-state index contributed by atoms with van der Waals surface area (Å²) in [6.07, 6.45) is 3.58. The van der Waals surface area contributed by atoms with Crippen LogP contribution in [0, 0.1) is 0 Å². The van der Waals surface area contributed by atoms with Crippen molar-refractivity contribution in [3.63, 3.8) is 0 Å². The Morgan fingerprint density at radius 3 is 2.90 bits per heavy atom. The second-order valence-corrected chi connectivity index (χ2v) is 2.77. The Morgan fingerprint density at radius 1 is 1.70 bits per heavy atom. The molecule has 0 aliphatic carbocycles. The minimum absolute atomic E-state index is 0.410. The summed E-state index contributed by atoms with van der Waals surface area (Å²) >= 11 is 0. The maximum atomic E-state index is 5.65. The van der Waals surface area contributed by atoms with Crippen molar-refractivity contribution in [1.82, 2.24) is 0 Å². The Hall–Kier alpha value is -0.660. The van der Waals surface area contributed by atoms with Gasteiger partial charge in [0.2, 0.25) is 0 Å². The van der Waals surface area contributed by atoms with Gasteiger partial charge in [0.1, 0.15) is 5.76 Å². The Labute approximate surface area is 62.1 Å². The van der Waals surface area contributed by atoms with E-state index in [-0.39, 0.29) is 0 Å². The number of hydrogen-bond donors (Lipinski definition) is 1. The molecule has 0 saturated heterocycles. The van der Waals surface area contributed by atoms with E-state index in [1.54, 1.807) is 0 Å². The molecule has 0 aromatic heterocycles. The predicted molar refractivity (Wildman–Crippen MR) is 41.3 cm³/mol. The van der Waals surface area contributed by atoms with Gasteiger partial charge in [-0.3, -0.25) is 0 Å². The van der Waals surface area contributed by atoms with Crippen LogP contribution in [0.25, 0.3) is 0 Å². The molecule has 1 heterocycles. The third-order valence-electron chi connectivity index (χ3n) is 1.99. The summed E-state index contributed by atoms with van der Waals surface area (Å²) in [4.78, 5) is 0. The van der Waals surface area contributed by atoms with Crippen LogP contribution in [0.4, 0.5) is 0 Å². The molecule has 1 rings (SSSR count). The normalized spacial score (nSPS) is 26.4. The SMILES string of the molecule is CCC1CCC(N)=C(C)O1. The van der Waals surface area contributed by atoms with Crippen LogP contribution in [0.2, 0.25) is 0 Å². The van der Waals surface area contributed by atoms with Gasteiger partial charge in [-0.1, -0.05) is 6.92 Å². The first kappa shape index (κ1) is 7.45. The zero-order valence-electron chi connectivity index (χ0n) is 6.68. The zero-order chi connectivity index (χ0) is 7.56. The van der Waals surface area contributed by atoms with Gasteiger partial charge >= 0.3 is 0 Å². The third-order valence-corrected chi connectivity index (χ3v) is 1.99. The molecule has 2 N–H and O–H groups in total. The van der Waals surface area contributed by atoms with E-state index in [0.717, 1.165) is 30.7 Å². The molecular weight excluding hydrogens is 126 g/mol. The lowest BCUT2D eigenvalue weighted by Crippen LogP contribution is -2.19.